The van der Waals surface area contributed by atoms with E-state index in [1.807, 2.05) is 55.5 Å². The molecule has 0 saturated heterocycles. The first-order valence-electron chi connectivity index (χ1n) is 9.78. The van der Waals surface area contributed by atoms with Gasteiger partial charge in [-0.25, -0.2) is 0 Å². The van der Waals surface area contributed by atoms with Crippen molar-refractivity contribution in [2.45, 2.75) is 33.6 Å². The van der Waals surface area contributed by atoms with Crippen LogP contribution in [0, 0.1) is 6.92 Å². The highest BCUT2D eigenvalue weighted by atomic mass is 16.1. The molecule has 0 unspecified atom stereocenters. The lowest BCUT2D eigenvalue weighted by molar-refractivity contribution is -0.116. The number of hydrogen-bond acceptors (Lipinski definition) is 3. The molecule has 0 spiro atoms. The Kier molecular flexibility index (Phi) is 6.14. The summed E-state index contributed by atoms with van der Waals surface area (Å²) in [5.41, 5.74) is 4.30. The first-order chi connectivity index (χ1) is 13.5. The Morgan fingerprint density at radius 2 is 1.79 bits per heavy atom. The van der Waals surface area contributed by atoms with E-state index in [0.29, 0.717) is 12.0 Å². The van der Waals surface area contributed by atoms with Crippen LogP contribution in [-0.4, -0.2) is 24.0 Å². The lowest BCUT2D eigenvalue weighted by Crippen LogP contribution is -2.21. The van der Waals surface area contributed by atoms with Crippen LogP contribution in [0.3, 0.4) is 0 Å². The molecule has 0 radical (unpaired) electrons. The summed E-state index contributed by atoms with van der Waals surface area (Å²) in [7, 11) is 0. The monoisotopic (exact) mass is 377 g/mol. The predicted octanol–water partition coefficient (Wildman–Crippen LogP) is 4.25. The zero-order valence-electron chi connectivity index (χ0n) is 16.7. The van der Waals surface area contributed by atoms with Crippen molar-refractivity contribution in [1.29, 1.82) is 0 Å². The number of aromatic nitrogens is 1. The van der Waals surface area contributed by atoms with Gasteiger partial charge in [0.1, 0.15) is 0 Å². The second-order valence-corrected chi connectivity index (χ2v) is 6.93. The van der Waals surface area contributed by atoms with Crippen molar-refractivity contribution in [3.05, 3.63) is 70.0 Å². The van der Waals surface area contributed by atoms with Crippen molar-refractivity contribution in [1.82, 2.24) is 4.98 Å². The summed E-state index contributed by atoms with van der Waals surface area (Å²) < 4.78 is 0. The number of aryl methyl sites for hydroxylation is 2. The van der Waals surface area contributed by atoms with Gasteiger partial charge in [0, 0.05) is 36.4 Å². The van der Waals surface area contributed by atoms with Crippen molar-refractivity contribution in [2.24, 2.45) is 0 Å². The fourth-order valence-electron chi connectivity index (χ4n) is 3.43. The summed E-state index contributed by atoms with van der Waals surface area (Å²) in [4.78, 5) is 29.8. The van der Waals surface area contributed by atoms with Gasteiger partial charge in [0.25, 0.3) is 5.56 Å². The van der Waals surface area contributed by atoms with Crippen LogP contribution in [0.2, 0.25) is 0 Å². The number of H-pyrrole nitrogens is 1. The average molecular weight is 377 g/mol. The Hall–Kier alpha value is -3.08. The molecular formula is C23H27N3O2. The van der Waals surface area contributed by atoms with Gasteiger partial charge in [-0.3, -0.25) is 9.59 Å². The van der Waals surface area contributed by atoms with Crippen LogP contribution >= 0.6 is 0 Å². The minimum Gasteiger partial charge on any atom is -0.372 e. The smallest absolute Gasteiger partial charge is 0.251 e. The molecule has 1 aromatic heterocycles. The van der Waals surface area contributed by atoms with Gasteiger partial charge in [-0.2, -0.15) is 0 Å². The quantitative estimate of drug-likeness (QED) is 0.647. The van der Waals surface area contributed by atoms with Gasteiger partial charge in [0.05, 0.1) is 5.52 Å². The van der Waals surface area contributed by atoms with E-state index in [1.165, 1.54) is 0 Å². The van der Waals surface area contributed by atoms with Crippen molar-refractivity contribution < 1.29 is 4.79 Å². The summed E-state index contributed by atoms with van der Waals surface area (Å²) in [6, 6.07) is 15.6. The van der Waals surface area contributed by atoms with Crippen molar-refractivity contribution in [3.63, 3.8) is 0 Å². The minimum absolute atomic E-state index is 0.0978. The molecule has 0 aliphatic carbocycles. The van der Waals surface area contributed by atoms with Crippen molar-refractivity contribution in [2.75, 3.05) is 23.3 Å². The second-order valence-electron chi connectivity index (χ2n) is 6.93. The molecule has 0 fully saturated rings. The number of hydrogen-bond donors (Lipinski definition) is 2. The van der Waals surface area contributed by atoms with Crippen LogP contribution in [-0.2, 0) is 11.2 Å². The number of carbonyl (C=O) groups excluding carboxylic acids is 1. The van der Waals surface area contributed by atoms with Crippen molar-refractivity contribution >= 4 is 28.2 Å². The van der Waals surface area contributed by atoms with Gasteiger partial charge < -0.3 is 15.2 Å². The van der Waals surface area contributed by atoms with E-state index in [-0.39, 0.29) is 17.9 Å². The van der Waals surface area contributed by atoms with Gasteiger partial charge in [-0.1, -0.05) is 18.2 Å². The maximum atomic E-state index is 12.3. The number of benzene rings is 2. The molecule has 0 saturated carbocycles. The fraction of sp³-hybridized carbons (Fsp3) is 0.304. The number of amides is 1. The average Bonchev–Trinajstić information content (AvgIpc) is 2.69. The molecule has 5 nitrogen and oxygen atoms in total. The lowest BCUT2D eigenvalue weighted by atomic mass is 10.1. The van der Waals surface area contributed by atoms with E-state index < -0.39 is 0 Å². The number of carbonyl (C=O) groups is 1. The lowest BCUT2D eigenvalue weighted by Gasteiger charge is -2.21. The summed E-state index contributed by atoms with van der Waals surface area (Å²) >= 11 is 0. The summed E-state index contributed by atoms with van der Waals surface area (Å²) in [5.74, 6) is -0.0978. The molecule has 5 heteroatoms. The van der Waals surface area contributed by atoms with E-state index in [0.717, 1.165) is 40.9 Å². The van der Waals surface area contributed by atoms with Gasteiger partial charge >= 0.3 is 0 Å². The predicted molar refractivity (Wildman–Crippen MR) is 116 cm³/mol. The van der Waals surface area contributed by atoms with Crippen molar-refractivity contribution in [3.8, 4) is 0 Å². The number of para-hydroxylation sites is 1. The van der Waals surface area contributed by atoms with Crippen LogP contribution in [0.4, 0.5) is 11.4 Å². The van der Waals surface area contributed by atoms with E-state index in [2.05, 4.69) is 29.0 Å². The highest BCUT2D eigenvalue weighted by molar-refractivity contribution is 5.91. The van der Waals surface area contributed by atoms with Gasteiger partial charge in [0.2, 0.25) is 5.91 Å². The minimum atomic E-state index is -0.127. The highest BCUT2D eigenvalue weighted by Crippen LogP contribution is 2.18. The van der Waals surface area contributed by atoms with Gasteiger partial charge in [0.15, 0.2) is 0 Å². The van der Waals surface area contributed by atoms with Crippen LogP contribution < -0.4 is 15.8 Å². The molecule has 146 valence electrons. The number of rotatable bonds is 7. The molecule has 2 aromatic carbocycles. The number of pyridine rings is 1. The van der Waals surface area contributed by atoms with Crippen LogP contribution in [0.1, 0.15) is 31.4 Å². The third-order valence-electron chi connectivity index (χ3n) is 5.07. The van der Waals surface area contributed by atoms with E-state index in [1.54, 1.807) is 0 Å². The molecular weight excluding hydrogens is 350 g/mol. The number of anilines is 2. The number of fused-ring (bicyclic) bond motifs is 1. The first kappa shape index (κ1) is 19.7. The number of nitrogens with one attached hydrogen (secondary N) is 2. The third kappa shape index (κ3) is 4.42. The molecule has 1 amide bonds. The second kappa shape index (κ2) is 8.74. The maximum Gasteiger partial charge on any atom is 0.251 e. The van der Waals surface area contributed by atoms with E-state index in [9.17, 15) is 9.59 Å². The summed E-state index contributed by atoms with van der Waals surface area (Å²) in [5, 5.41) is 3.90. The Morgan fingerprint density at radius 1 is 1.07 bits per heavy atom. The Bertz CT molecular complexity index is 1020. The molecule has 0 bridgehead atoms. The van der Waals surface area contributed by atoms with E-state index in [4.69, 9.17) is 0 Å². The zero-order chi connectivity index (χ0) is 20.1. The van der Waals surface area contributed by atoms with E-state index >= 15 is 0 Å². The van der Waals surface area contributed by atoms with Crippen LogP contribution in [0.15, 0.2) is 53.3 Å². The molecule has 0 aliphatic heterocycles. The Labute approximate surface area is 165 Å². The molecule has 3 rings (SSSR count). The topological polar surface area (TPSA) is 65.2 Å². The molecule has 0 atom stereocenters. The number of nitrogens with zero attached hydrogens (tertiary/aromatic N) is 1. The molecule has 0 aliphatic rings. The molecule has 1 heterocycles. The normalized spacial score (nSPS) is 10.8. The Balaban J connectivity index is 1.64. The standard InChI is InChI=1S/C23H27N3O2/c1-4-26(5-2)20-12-10-19(11-13-20)24-21(27)14-9-18-15-17-8-6-7-16(3)22(17)25-23(18)28/h6-8,10-13,15H,4-5,9,14H2,1-3H3,(H,24,27)(H,25,28). The zero-order valence-corrected chi connectivity index (χ0v) is 16.7. The molecule has 3 aromatic rings. The molecule has 2 N–H and O–H groups in total. The SMILES string of the molecule is CCN(CC)c1ccc(NC(=O)CCc2cc3cccc(C)c3[nH]c2=O)cc1. The summed E-state index contributed by atoms with van der Waals surface area (Å²) in [6.07, 6.45) is 0.667. The maximum absolute atomic E-state index is 12.3. The third-order valence-corrected chi connectivity index (χ3v) is 5.07. The van der Waals surface area contributed by atoms with Crippen LogP contribution in [0.5, 0.6) is 0 Å². The Morgan fingerprint density at radius 3 is 2.46 bits per heavy atom. The first-order valence-corrected chi connectivity index (χ1v) is 9.78. The highest BCUT2D eigenvalue weighted by Gasteiger charge is 2.09. The fourth-order valence-corrected chi connectivity index (χ4v) is 3.43. The molecule has 28 heavy (non-hydrogen) atoms. The van der Waals surface area contributed by atoms with Crippen LogP contribution in [0.25, 0.3) is 10.9 Å². The largest absolute Gasteiger partial charge is 0.372 e. The number of aromatic amines is 1. The van der Waals surface area contributed by atoms with Gasteiger partial charge in [-0.05, 0) is 68.5 Å². The van der Waals surface area contributed by atoms with Gasteiger partial charge in [-0.15, -0.1) is 0 Å². The summed E-state index contributed by atoms with van der Waals surface area (Å²) in [6.45, 7) is 8.10.